The predicted octanol–water partition coefficient (Wildman–Crippen LogP) is 1.27. The Morgan fingerprint density at radius 3 is 2.43 bits per heavy atom. The maximum absolute atomic E-state index is 11.4. The molecule has 0 aliphatic carbocycles. The van der Waals surface area contributed by atoms with Gasteiger partial charge in [-0.3, -0.25) is 9.59 Å². The summed E-state index contributed by atoms with van der Waals surface area (Å²) in [7, 11) is 1.62. The highest BCUT2D eigenvalue weighted by Gasteiger charge is 1.96. The molecule has 0 unspecified atom stereocenters. The second-order valence-corrected chi connectivity index (χ2v) is 4.58. The number of methoxy groups -OCH3 is 1. The van der Waals surface area contributed by atoms with Crippen LogP contribution in [0.1, 0.15) is 19.3 Å². The van der Waals surface area contributed by atoms with Gasteiger partial charge >= 0.3 is 0 Å². The van der Waals surface area contributed by atoms with Gasteiger partial charge in [-0.2, -0.15) is 0 Å². The summed E-state index contributed by atoms with van der Waals surface area (Å²) in [4.78, 5) is 21.8. The highest BCUT2D eigenvalue weighted by molar-refractivity contribution is 6.63. The average molecular weight is 322 g/mol. The summed E-state index contributed by atoms with van der Waals surface area (Å²) in [6, 6.07) is 0. The molecule has 0 heterocycles. The van der Waals surface area contributed by atoms with Gasteiger partial charge in [0.2, 0.25) is 11.1 Å². The van der Waals surface area contributed by atoms with Crippen molar-refractivity contribution < 1.29 is 23.8 Å². The minimum atomic E-state index is -0.351. The fraction of sp³-hybridized carbons (Fsp3) is 0.714. The number of halogens is 1. The van der Waals surface area contributed by atoms with Crippen LogP contribution >= 0.6 is 11.6 Å². The lowest BCUT2D eigenvalue weighted by Crippen LogP contribution is -2.26. The van der Waals surface area contributed by atoms with Crippen molar-refractivity contribution in [1.82, 2.24) is 5.32 Å². The Labute approximate surface area is 130 Å². The summed E-state index contributed by atoms with van der Waals surface area (Å²) >= 11 is 5.19. The van der Waals surface area contributed by atoms with Crippen molar-refractivity contribution >= 4 is 22.8 Å². The molecule has 0 rings (SSSR count). The van der Waals surface area contributed by atoms with E-state index in [-0.39, 0.29) is 11.1 Å². The summed E-state index contributed by atoms with van der Waals surface area (Å²) in [5.74, 6) is -0.174. The Hall–Kier alpha value is -0.950. The summed E-state index contributed by atoms with van der Waals surface area (Å²) in [5, 5.41) is 2.34. The molecule has 0 saturated heterocycles. The van der Waals surface area contributed by atoms with E-state index in [0.29, 0.717) is 58.8 Å². The number of rotatable bonds is 14. The van der Waals surface area contributed by atoms with Gasteiger partial charge in [-0.15, -0.1) is 0 Å². The quantitative estimate of drug-likeness (QED) is 0.296. The number of amides is 1. The van der Waals surface area contributed by atoms with Gasteiger partial charge in [0.1, 0.15) is 0 Å². The summed E-state index contributed by atoms with van der Waals surface area (Å²) in [6.45, 7) is 3.01. The summed E-state index contributed by atoms with van der Waals surface area (Å²) < 4.78 is 15.3. The molecule has 0 atom stereocenters. The van der Waals surface area contributed by atoms with Gasteiger partial charge in [-0.1, -0.05) is 6.08 Å². The Morgan fingerprint density at radius 2 is 1.76 bits per heavy atom. The lowest BCUT2D eigenvalue weighted by molar-refractivity contribution is -0.116. The van der Waals surface area contributed by atoms with Gasteiger partial charge in [0.25, 0.3) is 0 Å². The van der Waals surface area contributed by atoms with Crippen molar-refractivity contribution in [2.75, 3.05) is 46.7 Å². The van der Waals surface area contributed by atoms with Crippen molar-refractivity contribution in [3.8, 4) is 0 Å². The maximum Gasteiger partial charge on any atom is 0.243 e. The zero-order valence-corrected chi connectivity index (χ0v) is 13.2. The molecule has 0 spiro atoms. The maximum atomic E-state index is 11.4. The number of nitrogens with one attached hydrogen (secondary N) is 1. The van der Waals surface area contributed by atoms with Crippen LogP contribution in [0.2, 0.25) is 0 Å². The van der Waals surface area contributed by atoms with Gasteiger partial charge in [-0.25, -0.2) is 0 Å². The molecule has 0 bridgehead atoms. The third kappa shape index (κ3) is 17.0. The monoisotopic (exact) mass is 321 g/mol. The zero-order chi connectivity index (χ0) is 15.8. The fourth-order valence-corrected chi connectivity index (χ4v) is 1.45. The van der Waals surface area contributed by atoms with Gasteiger partial charge < -0.3 is 19.5 Å². The molecule has 7 heteroatoms. The van der Waals surface area contributed by atoms with Crippen molar-refractivity contribution in [3.05, 3.63) is 12.2 Å². The Balaban J connectivity index is 3.29. The minimum absolute atomic E-state index is 0.174. The largest absolute Gasteiger partial charge is 0.382 e. The first-order chi connectivity index (χ1) is 10.2. The highest BCUT2D eigenvalue weighted by Crippen LogP contribution is 1.99. The second-order valence-electron chi connectivity index (χ2n) is 4.16. The Bertz CT molecular complexity index is 310. The third-order valence-corrected chi connectivity index (χ3v) is 2.55. The first kappa shape index (κ1) is 20.1. The number of ether oxygens (including phenoxy) is 3. The molecular weight excluding hydrogens is 298 g/mol. The molecule has 122 valence electrons. The van der Waals surface area contributed by atoms with E-state index in [4.69, 9.17) is 25.8 Å². The Kier molecular flexibility index (Phi) is 14.7. The topological polar surface area (TPSA) is 73.9 Å². The minimum Gasteiger partial charge on any atom is -0.382 e. The molecule has 0 aliphatic heterocycles. The lowest BCUT2D eigenvalue weighted by Gasteiger charge is -2.05. The second kappa shape index (κ2) is 15.4. The van der Waals surface area contributed by atoms with Gasteiger partial charge in [-0.05, 0) is 30.5 Å². The number of unbranched alkanes of at least 4 members (excludes halogenated alkanes) is 1. The van der Waals surface area contributed by atoms with E-state index in [1.807, 2.05) is 0 Å². The number of carbonyl (C=O) groups is 2. The molecule has 21 heavy (non-hydrogen) atoms. The summed E-state index contributed by atoms with van der Waals surface area (Å²) in [5.41, 5.74) is 0. The first-order valence-electron chi connectivity index (χ1n) is 6.94. The molecule has 0 fully saturated rings. The lowest BCUT2D eigenvalue weighted by atomic mass is 10.2. The molecule has 0 saturated carbocycles. The van der Waals surface area contributed by atoms with E-state index in [2.05, 4.69) is 5.32 Å². The standard InChI is InChI=1S/C14H24ClNO5/c1-19-9-10-21-12-11-20-8-7-16-14(18)6-4-2-3-5-13(15)17/h4,6H,2-3,5,7-12H2,1H3,(H,16,18)/b6-4+. The molecule has 0 aromatic rings. The molecule has 1 N–H and O–H groups in total. The Morgan fingerprint density at radius 1 is 1.10 bits per heavy atom. The number of hydrogen-bond donors (Lipinski definition) is 1. The van der Waals surface area contributed by atoms with Crippen LogP contribution in [0.25, 0.3) is 0 Å². The van der Waals surface area contributed by atoms with E-state index >= 15 is 0 Å². The summed E-state index contributed by atoms with van der Waals surface area (Å²) in [6.07, 6.45) is 4.81. The van der Waals surface area contributed by atoms with Crippen LogP contribution in [0.3, 0.4) is 0 Å². The van der Waals surface area contributed by atoms with Crippen molar-refractivity contribution in [2.24, 2.45) is 0 Å². The normalized spacial score (nSPS) is 11.0. The SMILES string of the molecule is COCCOCCOCCNC(=O)/C=C/CCCC(=O)Cl. The molecule has 1 amide bonds. The molecule has 0 aromatic heterocycles. The highest BCUT2D eigenvalue weighted by atomic mass is 35.5. The van der Waals surface area contributed by atoms with Crippen LogP contribution in [0, 0.1) is 0 Å². The molecule has 0 aromatic carbocycles. The van der Waals surface area contributed by atoms with Crippen molar-refractivity contribution in [2.45, 2.75) is 19.3 Å². The van der Waals surface area contributed by atoms with E-state index in [0.717, 1.165) is 0 Å². The van der Waals surface area contributed by atoms with Gasteiger partial charge in [0, 0.05) is 20.1 Å². The number of allylic oxidation sites excluding steroid dienone is 1. The van der Waals surface area contributed by atoms with Crippen LogP contribution < -0.4 is 5.32 Å². The molecule has 6 nitrogen and oxygen atoms in total. The van der Waals surface area contributed by atoms with E-state index in [1.54, 1.807) is 13.2 Å². The molecule has 0 aliphatic rings. The smallest absolute Gasteiger partial charge is 0.243 e. The van der Waals surface area contributed by atoms with E-state index < -0.39 is 0 Å². The van der Waals surface area contributed by atoms with Crippen molar-refractivity contribution in [1.29, 1.82) is 0 Å². The fourth-order valence-electron chi connectivity index (χ4n) is 1.32. The zero-order valence-electron chi connectivity index (χ0n) is 12.4. The average Bonchev–Trinajstić information content (AvgIpc) is 2.45. The van der Waals surface area contributed by atoms with E-state index in [9.17, 15) is 9.59 Å². The van der Waals surface area contributed by atoms with Crippen LogP contribution in [0.15, 0.2) is 12.2 Å². The van der Waals surface area contributed by atoms with Crippen LogP contribution in [-0.4, -0.2) is 57.8 Å². The molecule has 0 radical (unpaired) electrons. The van der Waals surface area contributed by atoms with Crippen LogP contribution in [-0.2, 0) is 23.8 Å². The van der Waals surface area contributed by atoms with Gasteiger partial charge in [0.05, 0.1) is 33.0 Å². The first-order valence-corrected chi connectivity index (χ1v) is 7.31. The van der Waals surface area contributed by atoms with Crippen LogP contribution in [0.4, 0.5) is 0 Å². The number of carbonyl (C=O) groups excluding carboxylic acids is 2. The third-order valence-electron chi connectivity index (χ3n) is 2.36. The van der Waals surface area contributed by atoms with E-state index in [1.165, 1.54) is 6.08 Å². The predicted molar refractivity (Wildman–Crippen MR) is 80.4 cm³/mol. The number of hydrogen-bond acceptors (Lipinski definition) is 5. The van der Waals surface area contributed by atoms with Gasteiger partial charge in [0.15, 0.2) is 0 Å². The molecular formula is C14H24ClNO5. The van der Waals surface area contributed by atoms with Crippen molar-refractivity contribution in [3.63, 3.8) is 0 Å². The van der Waals surface area contributed by atoms with Crippen LogP contribution in [0.5, 0.6) is 0 Å².